The van der Waals surface area contributed by atoms with Crippen molar-refractivity contribution < 1.29 is 19.5 Å². The number of nitrogens with zero attached hydrogens (tertiary/aromatic N) is 3. The van der Waals surface area contributed by atoms with E-state index < -0.39 is 10.8 Å². The molecule has 3 N–H and O–H groups in total. The van der Waals surface area contributed by atoms with Gasteiger partial charge in [-0.2, -0.15) is 5.26 Å². The van der Waals surface area contributed by atoms with Crippen molar-refractivity contribution in [3.63, 3.8) is 0 Å². The molecule has 0 radical (unpaired) electrons. The van der Waals surface area contributed by atoms with Crippen molar-refractivity contribution in [3.05, 3.63) is 98.9 Å². The lowest BCUT2D eigenvalue weighted by Crippen LogP contribution is -2.22. The fourth-order valence-corrected chi connectivity index (χ4v) is 3.70. The van der Waals surface area contributed by atoms with Crippen molar-refractivity contribution in [2.45, 2.75) is 5.92 Å². The van der Waals surface area contributed by atoms with E-state index in [1.165, 1.54) is 30.5 Å². The summed E-state index contributed by atoms with van der Waals surface area (Å²) >= 11 is 0. The minimum atomic E-state index is -0.863. The number of phenols is 1. The first kappa shape index (κ1) is 21.4. The molecule has 0 fully saturated rings. The average molecular weight is 442 g/mol. The lowest BCUT2D eigenvalue weighted by Gasteiger charge is -2.28. The van der Waals surface area contributed by atoms with Crippen LogP contribution in [0.1, 0.15) is 22.6 Å². The Morgan fingerprint density at radius 1 is 1.24 bits per heavy atom. The van der Waals surface area contributed by atoms with Crippen molar-refractivity contribution in [3.8, 4) is 23.3 Å². The van der Waals surface area contributed by atoms with E-state index in [2.05, 4.69) is 4.99 Å². The molecule has 0 saturated carbocycles. The topological polar surface area (TPSA) is 144 Å². The van der Waals surface area contributed by atoms with E-state index in [9.17, 15) is 20.5 Å². The number of nitrogens with two attached hydrogens (primary N) is 1. The van der Waals surface area contributed by atoms with Gasteiger partial charge in [0.25, 0.3) is 5.69 Å². The van der Waals surface area contributed by atoms with Crippen molar-refractivity contribution in [1.29, 1.82) is 5.26 Å². The number of hydrogen-bond acceptors (Lipinski definition) is 8. The predicted molar refractivity (Wildman–Crippen MR) is 121 cm³/mol. The van der Waals surface area contributed by atoms with Crippen LogP contribution >= 0.6 is 0 Å². The summed E-state index contributed by atoms with van der Waals surface area (Å²) in [5.74, 6) is -0.377. The standard InChI is InChI=1S/C24H18N4O5/c1-32-20-8-3-2-7-18(20)27-13-15-9-10-19(29)22-21(17(12-25)24(26)33-23(15)22)14-5-4-6-16(11-14)28(30)31/h2-11,13,21,29H,26H2,1H3. The van der Waals surface area contributed by atoms with Gasteiger partial charge >= 0.3 is 0 Å². The van der Waals surface area contributed by atoms with Gasteiger partial charge in [-0.1, -0.05) is 24.3 Å². The molecule has 1 aliphatic rings. The van der Waals surface area contributed by atoms with E-state index in [1.807, 2.05) is 18.2 Å². The minimum Gasteiger partial charge on any atom is -0.507 e. The molecule has 3 aromatic rings. The van der Waals surface area contributed by atoms with Gasteiger partial charge in [0.15, 0.2) is 0 Å². The first-order valence-corrected chi connectivity index (χ1v) is 9.79. The van der Waals surface area contributed by atoms with Gasteiger partial charge in [0.1, 0.15) is 34.6 Å². The molecule has 1 aliphatic heterocycles. The maximum absolute atomic E-state index is 11.3. The third-order valence-corrected chi connectivity index (χ3v) is 5.22. The Morgan fingerprint density at radius 2 is 2.03 bits per heavy atom. The molecule has 1 atom stereocenters. The zero-order valence-electron chi connectivity index (χ0n) is 17.4. The quantitative estimate of drug-likeness (QED) is 0.341. The van der Waals surface area contributed by atoms with Gasteiger partial charge in [0.05, 0.1) is 23.5 Å². The first-order chi connectivity index (χ1) is 15.9. The number of para-hydroxylation sites is 2. The highest BCUT2D eigenvalue weighted by atomic mass is 16.6. The SMILES string of the molecule is COc1ccccc1N=Cc1ccc(O)c2c1OC(N)=C(C#N)C2c1cccc([N+](=O)[O-])c1. The maximum atomic E-state index is 11.3. The number of aromatic hydroxyl groups is 1. The largest absolute Gasteiger partial charge is 0.507 e. The van der Waals surface area contributed by atoms with E-state index >= 15 is 0 Å². The number of fused-ring (bicyclic) bond motifs is 1. The number of nitro groups is 1. The zero-order valence-corrected chi connectivity index (χ0v) is 17.4. The molecule has 0 amide bonds. The molecular weight excluding hydrogens is 424 g/mol. The fourth-order valence-electron chi connectivity index (χ4n) is 3.70. The number of ether oxygens (including phenoxy) is 2. The normalized spacial score (nSPS) is 15.0. The summed E-state index contributed by atoms with van der Waals surface area (Å²) in [6.07, 6.45) is 1.53. The van der Waals surface area contributed by atoms with Crippen LogP contribution in [0.3, 0.4) is 0 Å². The van der Waals surface area contributed by atoms with Gasteiger partial charge < -0.3 is 20.3 Å². The Kier molecular flexibility index (Phi) is 5.66. The summed E-state index contributed by atoms with van der Waals surface area (Å²) in [4.78, 5) is 15.2. The number of nitro benzene ring substituents is 1. The molecule has 0 bridgehead atoms. The lowest BCUT2D eigenvalue weighted by atomic mass is 9.82. The van der Waals surface area contributed by atoms with Gasteiger partial charge in [0, 0.05) is 23.9 Å². The monoisotopic (exact) mass is 442 g/mol. The minimum absolute atomic E-state index is 0.0390. The second-order valence-corrected chi connectivity index (χ2v) is 7.12. The maximum Gasteiger partial charge on any atom is 0.269 e. The van der Waals surface area contributed by atoms with Crippen LogP contribution < -0.4 is 15.2 Å². The predicted octanol–water partition coefficient (Wildman–Crippen LogP) is 4.28. The van der Waals surface area contributed by atoms with Crippen LogP contribution in [0.4, 0.5) is 11.4 Å². The molecule has 0 saturated heterocycles. The van der Waals surface area contributed by atoms with Crippen LogP contribution in [0.5, 0.6) is 17.2 Å². The Morgan fingerprint density at radius 3 is 2.76 bits per heavy atom. The summed E-state index contributed by atoms with van der Waals surface area (Å²) in [5.41, 5.74) is 7.70. The summed E-state index contributed by atoms with van der Waals surface area (Å²) in [5, 5.41) is 31.7. The molecule has 4 rings (SSSR count). The highest BCUT2D eigenvalue weighted by Gasteiger charge is 2.35. The molecule has 0 spiro atoms. The highest BCUT2D eigenvalue weighted by molar-refractivity contribution is 5.88. The summed E-state index contributed by atoms with van der Waals surface area (Å²) in [6, 6.07) is 18.1. The van der Waals surface area contributed by atoms with E-state index in [1.54, 1.807) is 31.4 Å². The van der Waals surface area contributed by atoms with Crippen LogP contribution in [-0.2, 0) is 0 Å². The van der Waals surface area contributed by atoms with Crippen LogP contribution in [0.2, 0.25) is 0 Å². The molecule has 9 nitrogen and oxygen atoms in total. The Labute approximate surface area is 188 Å². The molecule has 0 aliphatic carbocycles. The first-order valence-electron chi connectivity index (χ1n) is 9.79. The Balaban J connectivity index is 1.88. The lowest BCUT2D eigenvalue weighted by molar-refractivity contribution is -0.384. The number of aliphatic imine (C=N–C) groups is 1. The number of phenolic OH excluding ortho intramolecular Hbond substituents is 1. The second kappa shape index (κ2) is 8.72. The molecule has 33 heavy (non-hydrogen) atoms. The third kappa shape index (κ3) is 3.93. The fraction of sp³-hybridized carbons (Fsp3) is 0.0833. The molecule has 3 aromatic carbocycles. The highest BCUT2D eigenvalue weighted by Crippen LogP contribution is 2.48. The van der Waals surface area contributed by atoms with Crippen molar-refractivity contribution in [2.75, 3.05) is 7.11 Å². The molecule has 1 unspecified atom stereocenters. The smallest absolute Gasteiger partial charge is 0.269 e. The van der Waals surface area contributed by atoms with Crippen molar-refractivity contribution in [2.24, 2.45) is 10.7 Å². The average Bonchev–Trinajstić information content (AvgIpc) is 2.83. The molecular formula is C24H18N4O5. The number of methoxy groups -OCH3 is 1. The Bertz CT molecular complexity index is 1360. The second-order valence-electron chi connectivity index (χ2n) is 7.12. The summed E-state index contributed by atoms with van der Waals surface area (Å²) in [7, 11) is 1.54. The van der Waals surface area contributed by atoms with Gasteiger partial charge in [0.2, 0.25) is 5.88 Å². The van der Waals surface area contributed by atoms with Crippen LogP contribution in [0.15, 0.2) is 77.1 Å². The van der Waals surface area contributed by atoms with E-state index in [-0.39, 0.29) is 34.2 Å². The van der Waals surface area contributed by atoms with Crippen LogP contribution in [-0.4, -0.2) is 23.4 Å². The number of non-ortho nitro benzene ring substituents is 1. The van der Waals surface area contributed by atoms with Gasteiger partial charge in [-0.25, -0.2) is 0 Å². The van der Waals surface area contributed by atoms with E-state index in [0.717, 1.165) is 0 Å². The molecule has 164 valence electrons. The van der Waals surface area contributed by atoms with Crippen molar-refractivity contribution >= 4 is 17.6 Å². The summed E-state index contributed by atoms with van der Waals surface area (Å²) in [6.45, 7) is 0. The summed E-state index contributed by atoms with van der Waals surface area (Å²) < 4.78 is 11.1. The van der Waals surface area contributed by atoms with E-state index in [4.69, 9.17) is 15.2 Å². The Hall–Kier alpha value is -4.84. The molecule has 9 heteroatoms. The number of benzene rings is 3. The molecule has 0 aromatic heterocycles. The number of rotatable bonds is 5. The number of nitriles is 1. The number of hydrogen-bond donors (Lipinski definition) is 2. The van der Waals surface area contributed by atoms with E-state index in [0.29, 0.717) is 22.6 Å². The third-order valence-electron chi connectivity index (χ3n) is 5.22. The molecule has 1 heterocycles. The van der Waals surface area contributed by atoms with Gasteiger partial charge in [-0.05, 0) is 29.8 Å². The van der Waals surface area contributed by atoms with Gasteiger partial charge in [-0.15, -0.1) is 0 Å². The zero-order chi connectivity index (χ0) is 23.5. The number of allylic oxidation sites excluding steroid dienone is 1. The van der Waals surface area contributed by atoms with Crippen LogP contribution in [0.25, 0.3) is 0 Å². The van der Waals surface area contributed by atoms with Crippen LogP contribution in [0, 0.1) is 21.4 Å². The van der Waals surface area contributed by atoms with Crippen molar-refractivity contribution in [1.82, 2.24) is 0 Å². The van der Waals surface area contributed by atoms with Gasteiger partial charge in [-0.3, -0.25) is 15.1 Å².